The monoisotopic (exact) mass is 230 g/mol. The first-order valence-electron chi connectivity index (χ1n) is 5.28. The molecule has 0 aliphatic heterocycles. The smallest absolute Gasteiger partial charge is 0.252 e. The molecule has 1 aromatic heterocycles. The lowest BCUT2D eigenvalue weighted by Crippen LogP contribution is -2.11. The van der Waals surface area contributed by atoms with Gasteiger partial charge in [0.05, 0.1) is 6.61 Å². The summed E-state index contributed by atoms with van der Waals surface area (Å²) in [6.07, 6.45) is 2.02. The molecule has 1 unspecified atom stereocenters. The molecule has 0 saturated heterocycles. The molecule has 1 heterocycles. The van der Waals surface area contributed by atoms with Crippen LogP contribution in [0.4, 0.5) is 14.6 Å². The third-order valence-electron chi connectivity index (χ3n) is 2.21. The second-order valence-electron chi connectivity index (χ2n) is 3.85. The van der Waals surface area contributed by atoms with Crippen LogP contribution in [0.1, 0.15) is 26.7 Å². The summed E-state index contributed by atoms with van der Waals surface area (Å²) in [5, 5.41) is 0. The van der Waals surface area contributed by atoms with E-state index in [1.807, 2.05) is 6.92 Å². The SMILES string of the molecule is CCCC(C)COc1nc(N)c(F)cc1F. The van der Waals surface area contributed by atoms with Crippen molar-refractivity contribution >= 4 is 5.82 Å². The van der Waals surface area contributed by atoms with E-state index >= 15 is 0 Å². The highest BCUT2D eigenvalue weighted by atomic mass is 19.1. The molecule has 3 nitrogen and oxygen atoms in total. The summed E-state index contributed by atoms with van der Waals surface area (Å²) in [5.41, 5.74) is 5.22. The summed E-state index contributed by atoms with van der Waals surface area (Å²) in [7, 11) is 0. The van der Waals surface area contributed by atoms with E-state index in [1.54, 1.807) is 0 Å². The van der Waals surface area contributed by atoms with Crippen LogP contribution in [0, 0.1) is 17.6 Å². The Morgan fingerprint density at radius 1 is 1.44 bits per heavy atom. The Morgan fingerprint density at radius 2 is 2.12 bits per heavy atom. The van der Waals surface area contributed by atoms with Crippen molar-refractivity contribution < 1.29 is 13.5 Å². The molecule has 90 valence electrons. The van der Waals surface area contributed by atoms with Crippen LogP contribution in [0.3, 0.4) is 0 Å². The summed E-state index contributed by atoms with van der Waals surface area (Å²) in [6.45, 7) is 4.41. The van der Waals surface area contributed by atoms with E-state index in [0.717, 1.165) is 12.8 Å². The van der Waals surface area contributed by atoms with E-state index in [0.29, 0.717) is 18.6 Å². The van der Waals surface area contributed by atoms with Crippen LogP contribution in [-0.4, -0.2) is 11.6 Å². The van der Waals surface area contributed by atoms with E-state index in [9.17, 15) is 8.78 Å². The van der Waals surface area contributed by atoms with Crippen molar-refractivity contribution in [2.75, 3.05) is 12.3 Å². The van der Waals surface area contributed by atoms with Crippen molar-refractivity contribution in [1.29, 1.82) is 0 Å². The number of anilines is 1. The lowest BCUT2D eigenvalue weighted by molar-refractivity contribution is 0.232. The average Bonchev–Trinajstić information content (AvgIpc) is 2.22. The molecule has 1 rings (SSSR count). The van der Waals surface area contributed by atoms with Crippen molar-refractivity contribution in [1.82, 2.24) is 4.98 Å². The van der Waals surface area contributed by atoms with Gasteiger partial charge in [-0.05, 0) is 12.3 Å². The largest absolute Gasteiger partial charge is 0.475 e. The quantitative estimate of drug-likeness (QED) is 0.846. The Kier molecular flexibility index (Phi) is 4.46. The molecule has 0 bridgehead atoms. The molecule has 0 aliphatic rings. The van der Waals surface area contributed by atoms with Crippen LogP contribution in [0.5, 0.6) is 5.88 Å². The Hall–Kier alpha value is -1.39. The maximum Gasteiger partial charge on any atom is 0.252 e. The minimum absolute atomic E-state index is 0.234. The Bertz CT molecular complexity index is 358. The molecule has 0 fully saturated rings. The van der Waals surface area contributed by atoms with Gasteiger partial charge >= 0.3 is 0 Å². The van der Waals surface area contributed by atoms with Crippen molar-refractivity contribution in [2.45, 2.75) is 26.7 Å². The van der Waals surface area contributed by atoms with Gasteiger partial charge in [0.1, 0.15) is 0 Å². The van der Waals surface area contributed by atoms with Gasteiger partial charge in [-0.15, -0.1) is 0 Å². The number of rotatable bonds is 5. The number of ether oxygens (including phenoxy) is 1. The maximum absolute atomic E-state index is 13.2. The zero-order chi connectivity index (χ0) is 12.1. The first kappa shape index (κ1) is 12.7. The summed E-state index contributed by atoms with van der Waals surface area (Å²) in [4.78, 5) is 3.51. The Morgan fingerprint density at radius 3 is 2.75 bits per heavy atom. The number of aromatic nitrogens is 1. The van der Waals surface area contributed by atoms with Gasteiger partial charge in [0, 0.05) is 6.07 Å². The number of hydrogen-bond acceptors (Lipinski definition) is 3. The fourth-order valence-corrected chi connectivity index (χ4v) is 1.36. The highest BCUT2D eigenvalue weighted by molar-refractivity contribution is 5.34. The zero-order valence-corrected chi connectivity index (χ0v) is 9.46. The van der Waals surface area contributed by atoms with Crippen molar-refractivity contribution in [3.8, 4) is 5.88 Å². The molecule has 1 aromatic rings. The van der Waals surface area contributed by atoms with Gasteiger partial charge in [-0.2, -0.15) is 4.98 Å². The van der Waals surface area contributed by atoms with Crippen LogP contribution in [0.15, 0.2) is 6.07 Å². The number of halogens is 2. The molecule has 0 radical (unpaired) electrons. The molecule has 0 spiro atoms. The van der Waals surface area contributed by atoms with E-state index in [2.05, 4.69) is 11.9 Å². The van der Waals surface area contributed by atoms with Crippen LogP contribution < -0.4 is 10.5 Å². The minimum Gasteiger partial charge on any atom is -0.475 e. The van der Waals surface area contributed by atoms with Gasteiger partial charge in [0.25, 0.3) is 5.88 Å². The zero-order valence-electron chi connectivity index (χ0n) is 9.46. The summed E-state index contributed by atoms with van der Waals surface area (Å²) in [6, 6.07) is 0.683. The maximum atomic E-state index is 13.2. The van der Waals surface area contributed by atoms with Crippen LogP contribution >= 0.6 is 0 Å². The van der Waals surface area contributed by atoms with E-state index in [-0.39, 0.29) is 11.7 Å². The third-order valence-corrected chi connectivity index (χ3v) is 2.21. The molecule has 5 heteroatoms. The minimum atomic E-state index is -0.869. The van der Waals surface area contributed by atoms with Gasteiger partial charge in [0.15, 0.2) is 17.5 Å². The molecule has 16 heavy (non-hydrogen) atoms. The normalized spacial score (nSPS) is 12.5. The molecule has 1 atom stereocenters. The Labute approximate surface area is 93.6 Å². The van der Waals surface area contributed by atoms with Crippen LogP contribution in [0.2, 0.25) is 0 Å². The number of pyridine rings is 1. The molecular weight excluding hydrogens is 214 g/mol. The first-order chi connectivity index (χ1) is 7.54. The van der Waals surface area contributed by atoms with Gasteiger partial charge in [-0.25, -0.2) is 8.78 Å². The van der Waals surface area contributed by atoms with Gasteiger partial charge < -0.3 is 10.5 Å². The predicted molar refractivity (Wildman–Crippen MR) is 58.1 cm³/mol. The van der Waals surface area contributed by atoms with E-state index in [1.165, 1.54) is 0 Å². The predicted octanol–water partition coefficient (Wildman–Crippen LogP) is 2.76. The standard InChI is InChI=1S/C11H16F2N2O/c1-3-4-7(2)6-16-11-9(13)5-8(12)10(14)15-11/h5,7H,3-4,6H2,1-2H3,(H2,14,15). The number of nitrogen functional groups attached to an aromatic ring is 1. The van der Waals surface area contributed by atoms with Crippen LogP contribution in [-0.2, 0) is 0 Å². The summed E-state index contributed by atoms with van der Waals surface area (Å²) >= 11 is 0. The fraction of sp³-hybridized carbons (Fsp3) is 0.545. The molecule has 0 amide bonds. The number of nitrogens with two attached hydrogens (primary N) is 1. The topological polar surface area (TPSA) is 48.1 Å². The Balaban J connectivity index is 2.63. The fourth-order valence-electron chi connectivity index (χ4n) is 1.36. The molecule has 2 N–H and O–H groups in total. The summed E-state index contributed by atoms with van der Waals surface area (Å²) < 4.78 is 31.1. The van der Waals surface area contributed by atoms with Gasteiger partial charge in [-0.3, -0.25) is 0 Å². The highest BCUT2D eigenvalue weighted by Gasteiger charge is 2.12. The van der Waals surface area contributed by atoms with Gasteiger partial charge in [-0.1, -0.05) is 20.3 Å². The van der Waals surface area contributed by atoms with Crippen molar-refractivity contribution in [3.05, 3.63) is 17.7 Å². The van der Waals surface area contributed by atoms with Crippen molar-refractivity contribution in [2.24, 2.45) is 5.92 Å². The first-order valence-corrected chi connectivity index (χ1v) is 5.28. The molecule has 0 saturated carbocycles. The van der Waals surface area contributed by atoms with Gasteiger partial charge in [0.2, 0.25) is 0 Å². The highest BCUT2D eigenvalue weighted by Crippen LogP contribution is 2.19. The molecular formula is C11H16F2N2O. The summed E-state index contributed by atoms with van der Waals surface area (Å²) in [5.74, 6) is -1.97. The lowest BCUT2D eigenvalue weighted by atomic mass is 10.1. The van der Waals surface area contributed by atoms with E-state index in [4.69, 9.17) is 10.5 Å². The van der Waals surface area contributed by atoms with Crippen molar-refractivity contribution in [3.63, 3.8) is 0 Å². The number of hydrogen-bond donors (Lipinski definition) is 1. The lowest BCUT2D eigenvalue weighted by Gasteiger charge is -2.12. The van der Waals surface area contributed by atoms with E-state index < -0.39 is 11.6 Å². The second kappa shape index (κ2) is 5.63. The molecule has 0 aromatic carbocycles. The molecule has 0 aliphatic carbocycles. The number of nitrogens with zero attached hydrogens (tertiary/aromatic N) is 1. The second-order valence-corrected chi connectivity index (χ2v) is 3.85. The average molecular weight is 230 g/mol. The van der Waals surface area contributed by atoms with Crippen LogP contribution in [0.25, 0.3) is 0 Å². The third kappa shape index (κ3) is 3.32.